The van der Waals surface area contributed by atoms with Crippen LogP contribution in [0.5, 0.6) is 0 Å². The van der Waals surface area contributed by atoms with E-state index in [1.807, 2.05) is 5.01 Å². The van der Waals surface area contributed by atoms with E-state index in [1.54, 1.807) is 36.3 Å². The van der Waals surface area contributed by atoms with Crippen molar-refractivity contribution >= 4 is 23.7 Å². The zero-order chi connectivity index (χ0) is 16.9. The van der Waals surface area contributed by atoms with Crippen molar-refractivity contribution < 1.29 is 9.66 Å². The molecule has 1 aliphatic rings. The maximum atomic E-state index is 11.4. The Morgan fingerprint density at radius 3 is 2.88 bits per heavy atom. The molecule has 1 aromatic carbocycles. The fraction of sp³-hybridized carbons (Fsp3) is 0.357. The van der Waals surface area contributed by atoms with Gasteiger partial charge in [-0.2, -0.15) is 5.10 Å². The Kier molecular flexibility index (Phi) is 5.06. The summed E-state index contributed by atoms with van der Waals surface area (Å²) in [6.07, 6.45) is 3.19. The first kappa shape index (κ1) is 16.4. The van der Waals surface area contributed by atoms with Crippen molar-refractivity contribution in [2.75, 3.05) is 26.3 Å². The van der Waals surface area contributed by atoms with Crippen LogP contribution in [0.1, 0.15) is 5.56 Å². The van der Waals surface area contributed by atoms with Crippen molar-refractivity contribution in [3.8, 4) is 0 Å². The van der Waals surface area contributed by atoms with E-state index < -0.39 is 4.92 Å². The SMILES string of the molecule is Cn1cnnc1Sc1ccc(/C=N/N2CCOCC2)cc1[N+](=O)[O-]. The number of benzene rings is 1. The highest BCUT2D eigenvalue weighted by atomic mass is 32.2. The third-order valence-electron chi connectivity index (χ3n) is 3.41. The van der Waals surface area contributed by atoms with Gasteiger partial charge in [0.1, 0.15) is 6.33 Å². The molecule has 1 saturated heterocycles. The van der Waals surface area contributed by atoms with Crippen LogP contribution in [-0.4, -0.2) is 57.2 Å². The van der Waals surface area contributed by atoms with Crippen LogP contribution < -0.4 is 0 Å². The van der Waals surface area contributed by atoms with Crippen molar-refractivity contribution in [3.63, 3.8) is 0 Å². The molecule has 0 saturated carbocycles. The number of hydrazone groups is 1. The van der Waals surface area contributed by atoms with Gasteiger partial charge in [-0.05, 0) is 17.8 Å². The summed E-state index contributed by atoms with van der Waals surface area (Å²) in [6.45, 7) is 2.73. The Morgan fingerprint density at radius 2 is 2.21 bits per heavy atom. The van der Waals surface area contributed by atoms with E-state index in [2.05, 4.69) is 15.3 Å². The van der Waals surface area contributed by atoms with E-state index in [-0.39, 0.29) is 5.69 Å². The number of aryl methyl sites for hydroxylation is 1. The van der Waals surface area contributed by atoms with Crippen LogP contribution in [0.25, 0.3) is 0 Å². The molecular formula is C14H16N6O3S. The number of morpholine rings is 1. The third kappa shape index (κ3) is 3.89. The zero-order valence-electron chi connectivity index (χ0n) is 13.0. The zero-order valence-corrected chi connectivity index (χ0v) is 13.8. The van der Waals surface area contributed by atoms with Gasteiger partial charge in [-0.1, -0.05) is 6.07 Å². The molecule has 1 aromatic heterocycles. The van der Waals surface area contributed by atoms with Crippen LogP contribution in [0.3, 0.4) is 0 Å². The van der Waals surface area contributed by atoms with Gasteiger partial charge in [-0.25, -0.2) is 0 Å². The summed E-state index contributed by atoms with van der Waals surface area (Å²) in [6, 6.07) is 5.02. The molecule has 1 aliphatic heterocycles. The molecule has 0 aliphatic carbocycles. The number of ether oxygens (including phenoxy) is 1. The van der Waals surface area contributed by atoms with Crippen molar-refractivity contribution in [2.24, 2.45) is 12.1 Å². The van der Waals surface area contributed by atoms with Gasteiger partial charge in [-0.3, -0.25) is 15.1 Å². The Hall–Kier alpha value is -2.46. The Bertz CT molecular complexity index is 757. The van der Waals surface area contributed by atoms with Gasteiger partial charge in [0.25, 0.3) is 5.69 Å². The van der Waals surface area contributed by atoms with E-state index >= 15 is 0 Å². The van der Waals surface area contributed by atoms with Crippen LogP contribution in [-0.2, 0) is 11.8 Å². The standard InChI is InChI=1S/C14H16N6O3S/c1-18-10-15-17-14(18)24-13-3-2-11(8-12(13)20(21)22)9-16-19-4-6-23-7-5-19/h2-3,8-10H,4-7H2,1H3/b16-9+. The second-order valence-electron chi connectivity index (χ2n) is 5.12. The minimum absolute atomic E-state index is 0.0222. The summed E-state index contributed by atoms with van der Waals surface area (Å²) in [7, 11) is 1.79. The summed E-state index contributed by atoms with van der Waals surface area (Å²) in [5.41, 5.74) is 0.699. The summed E-state index contributed by atoms with van der Waals surface area (Å²) in [5.74, 6) is 0. The van der Waals surface area contributed by atoms with Gasteiger partial charge in [0.2, 0.25) is 0 Å². The number of hydrogen-bond acceptors (Lipinski definition) is 8. The predicted octanol–water partition coefficient (Wildman–Crippen LogP) is 1.54. The first-order valence-corrected chi connectivity index (χ1v) is 8.12. The number of rotatable bonds is 5. The molecule has 0 bridgehead atoms. The quantitative estimate of drug-likeness (QED) is 0.459. The largest absolute Gasteiger partial charge is 0.378 e. The highest BCUT2D eigenvalue weighted by Gasteiger charge is 2.17. The molecule has 24 heavy (non-hydrogen) atoms. The fourth-order valence-corrected chi connectivity index (χ4v) is 2.97. The van der Waals surface area contributed by atoms with Crippen molar-refractivity contribution in [1.82, 2.24) is 19.8 Å². The summed E-state index contributed by atoms with van der Waals surface area (Å²) >= 11 is 1.21. The molecule has 1 fully saturated rings. The molecule has 0 amide bonds. The summed E-state index contributed by atoms with van der Waals surface area (Å²) in [5, 5.41) is 25.9. The first-order valence-electron chi connectivity index (χ1n) is 7.30. The molecule has 3 rings (SSSR count). The lowest BCUT2D eigenvalue weighted by Crippen LogP contribution is -2.32. The fourth-order valence-electron chi connectivity index (χ4n) is 2.12. The highest BCUT2D eigenvalue weighted by Crippen LogP contribution is 2.33. The molecule has 10 heteroatoms. The number of nitrogens with zero attached hydrogens (tertiary/aromatic N) is 6. The second-order valence-corrected chi connectivity index (χ2v) is 6.13. The van der Waals surface area contributed by atoms with Gasteiger partial charge in [0.15, 0.2) is 5.16 Å². The van der Waals surface area contributed by atoms with Crippen LogP contribution in [0.2, 0.25) is 0 Å². The lowest BCUT2D eigenvalue weighted by Gasteiger charge is -2.23. The Morgan fingerprint density at radius 1 is 1.42 bits per heavy atom. The Balaban J connectivity index is 1.80. The topological polar surface area (TPSA) is 98.7 Å². The number of aromatic nitrogens is 3. The second kappa shape index (κ2) is 7.41. The van der Waals surface area contributed by atoms with Gasteiger partial charge >= 0.3 is 0 Å². The van der Waals surface area contributed by atoms with Gasteiger partial charge in [-0.15, -0.1) is 10.2 Å². The minimum atomic E-state index is -0.398. The number of nitro benzene ring substituents is 1. The van der Waals surface area contributed by atoms with E-state index in [1.165, 1.54) is 17.8 Å². The number of hydrogen-bond donors (Lipinski definition) is 0. The lowest BCUT2D eigenvalue weighted by atomic mass is 10.2. The molecule has 0 atom stereocenters. The van der Waals surface area contributed by atoms with Crippen LogP contribution in [0.15, 0.2) is 39.7 Å². The molecule has 126 valence electrons. The molecular weight excluding hydrogens is 332 g/mol. The van der Waals surface area contributed by atoms with Gasteiger partial charge < -0.3 is 9.30 Å². The molecule has 0 spiro atoms. The van der Waals surface area contributed by atoms with E-state index in [0.29, 0.717) is 28.8 Å². The molecule has 0 unspecified atom stereocenters. The average Bonchev–Trinajstić information content (AvgIpc) is 2.99. The van der Waals surface area contributed by atoms with Gasteiger partial charge in [0, 0.05) is 18.7 Å². The summed E-state index contributed by atoms with van der Waals surface area (Å²) < 4.78 is 6.97. The van der Waals surface area contributed by atoms with E-state index in [4.69, 9.17) is 4.74 Å². The van der Waals surface area contributed by atoms with Gasteiger partial charge in [0.05, 0.1) is 42.3 Å². The van der Waals surface area contributed by atoms with Crippen molar-refractivity contribution in [1.29, 1.82) is 0 Å². The molecule has 0 N–H and O–H groups in total. The van der Waals surface area contributed by atoms with Crippen molar-refractivity contribution in [3.05, 3.63) is 40.2 Å². The average molecular weight is 348 g/mol. The molecule has 2 aromatic rings. The molecule has 9 nitrogen and oxygen atoms in total. The van der Waals surface area contributed by atoms with E-state index in [9.17, 15) is 10.1 Å². The first-order chi connectivity index (χ1) is 11.6. The lowest BCUT2D eigenvalue weighted by molar-refractivity contribution is -0.387. The monoisotopic (exact) mass is 348 g/mol. The summed E-state index contributed by atoms with van der Waals surface area (Å²) in [4.78, 5) is 11.5. The molecule has 2 heterocycles. The maximum absolute atomic E-state index is 11.4. The number of nitro groups is 1. The van der Waals surface area contributed by atoms with Crippen LogP contribution in [0, 0.1) is 10.1 Å². The third-order valence-corrected chi connectivity index (χ3v) is 4.53. The minimum Gasteiger partial charge on any atom is -0.378 e. The maximum Gasteiger partial charge on any atom is 0.283 e. The van der Waals surface area contributed by atoms with Crippen LogP contribution >= 0.6 is 11.8 Å². The Labute approximate surface area is 142 Å². The highest BCUT2D eigenvalue weighted by molar-refractivity contribution is 7.99. The normalized spacial score (nSPS) is 15.1. The van der Waals surface area contributed by atoms with Crippen LogP contribution in [0.4, 0.5) is 5.69 Å². The smallest absolute Gasteiger partial charge is 0.283 e. The van der Waals surface area contributed by atoms with Crippen molar-refractivity contribution in [2.45, 2.75) is 10.1 Å². The molecule has 0 radical (unpaired) electrons. The predicted molar refractivity (Wildman–Crippen MR) is 88.2 cm³/mol. The van der Waals surface area contributed by atoms with E-state index in [0.717, 1.165) is 13.1 Å².